The molecule has 2 N–H and O–H groups in total. The van der Waals surface area contributed by atoms with Crippen LogP contribution in [-0.4, -0.2) is 28.3 Å². The number of aromatic carboxylic acids is 1. The van der Waals surface area contributed by atoms with Gasteiger partial charge >= 0.3 is 18.1 Å². The van der Waals surface area contributed by atoms with Gasteiger partial charge in [-0.25, -0.2) is 4.79 Å². The highest BCUT2D eigenvalue weighted by Crippen LogP contribution is 2.30. The summed E-state index contributed by atoms with van der Waals surface area (Å²) in [7, 11) is 0. The van der Waals surface area contributed by atoms with E-state index < -0.39 is 18.1 Å². The van der Waals surface area contributed by atoms with Crippen LogP contribution in [-0.2, 0) is 11.4 Å². The van der Waals surface area contributed by atoms with E-state index in [-0.39, 0.29) is 40.1 Å². The number of benzene rings is 1. The highest BCUT2D eigenvalue weighted by atomic mass is 35.5. The number of carbonyl (C=O) groups excluding carboxylic acids is 1. The Morgan fingerprint density at radius 3 is 2.64 bits per heavy atom. The number of anilines is 1. The molecule has 1 aromatic heterocycles. The van der Waals surface area contributed by atoms with Crippen LogP contribution < -0.4 is 10.1 Å². The number of carboxylic acid groups (broad SMARTS) is 1. The molecular formula is C14H10ClF3N2O5. The molecule has 0 aliphatic carbocycles. The topological polar surface area (TPSA) is 102 Å². The maximum absolute atomic E-state index is 12.2. The molecule has 0 bridgehead atoms. The molecule has 0 saturated carbocycles. The summed E-state index contributed by atoms with van der Waals surface area (Å²) in [6, 6.07) is 3.46. The van der Waals surface area contributed by atoms with Gasteiger partial charge in [-0.05, 0) is 25.1 Å². The number of halogens is 4. The van der Waals surface area contributed by atoms with Crippen molar-refractivity contribution in [3.8, 4) is 5.75 Å². The van der Waals surface area contributed by atoms with Gasteiger partial charge in [0.1, 0.15) is 18.1 Å². The molecule has 0 aliphatic rings. The first-order chi connectivity index (χ1) is 11.6. The second-order valence-electron chi connectivity index (χ2n) is 4.76. The average molecular weight is 379 g/mol. The van der Waals surface area contributed by atoms with Crippen molar-refractivity contribution in [2.45, 2.75) is 19.7 Å². The normalized spacial score (nSPS) is 11.2. The van der Waals surface area contributed by atoms with Crippen molar-refractivity contribution in [1.82, 2.24) is 5.16 Å². The van der Waals surface area contributed by atoms with Crippen LogP contribution in [0.25, 0.3) is 0 Å². The largest absolute Gasteiger partial charge is 0.487 e. The van der Waals surface area contributed by atoms with E-state index in [1.165, 1.54) is 13.0 Å². The van der Waals surface area contributed by atoms with Crippen LogP contribution in [0.15, 0.2) is 22.7 Å². The second-order valence-corrected chi connectivity index (χ2v) is 5.16. The first-order valence-electron chi connectivity index (χ1n) is 6.58. The van der Waals surface area contributed by atoms with E-state index in [0.29, 0.717) is 0 Å². The highest BCUT2D eigenvalue weighted by Gasteiger charge is 2.38. The fraction of sp³-hybridized carbons (Fsp3) is 0.214. The van der Waals surface area contributed by atoms with Crippen molar-refractivity contribution in [1.29, 1.82) is 0 Å². The van der Waals surface area contributed by atoms with Crippen LogP contribution in [0.3, 0.4) is 0 Å². The van der Waals surface area contributed by atoms with Crippen molar-refractivity contribution < 1.29 is 37.1 Å². The lowest BCUT2D eigenvalue weighted by Gasteiger charge is -2.11. The number of aryl methyl sites for hydroxylation is 1. The predicted molar refractivity (Wildman–Crippen MR) is 78.7 cm³/mol. The van der Waals surface area contributed by atoms with Crippen LogP contribution in [0.2, 0.25) is 5.02 Å². The number of rotatable bonds is 5. The molecule has 134 valence electrons. The summed E-state index contributed by atoms with van der Waals surface area (Å²) in [6.07, 6.45) is -5.03. The van der Waals surface area contributed by atoms with E-state index >= 15 is 0 Å². The van der Waals surface area contributed by atoms with Gasteiger partial charge in [0.05, 0.1) is 10.6 Å². The molecule has 0 fully saturated rings. The van der Waals surface area contributed by atoms with Gasteiger partial charge in [0.2, 0.25) is 0 Å². The molecule has 2 aromatic rings. The van der Waals surface area contributed by atoms with Gasteiger partial charge in [0.25, 0.3) is 0 Å². The summed E-state index contributed by atoms with van der Waals surface area (Å²) in [5, 5.41) is 13.9. The fourth-order valence-corrected chi connectivity index (χ4v) is 2.01. The van der Waals surface area contributed by atoms with Crippen molar-refractivity contribution in [3.05, 3.63) is 40.2 Å². The average Bonchev–Trinajstić information content (AvgIpc) is 2.86. The number of carbonyl (C=O) groups is 2. The Labute approximate surface area is 143 Å². The Hall–Kier alpha value is -2.75. The van der Waals surface area contributed by atoms with Crippen molar-refractivity contribution in [3.63, 3.8) is 0 Å². The third-order valence-electron chi connectivity index (χ3n) is 3.01. The van der Waals surface area contributed by atoms with Crippen molar-refractivity contribution in [2.24, 2.45) is 0 Å². The molecule has 11 heteroatoms. The third-order valence-corrected chi connectivity index (χ3v) is 3.30. The Balaban J connectivity index is 2.11. The molecule has 1 amide bonds. The number of carboxylic acids is 1. The van der Waals surface area contributed by atoms with Crippen LogP contribution in [0.4, 0.5) is 18.9 Å². The number of hydrogen-bond acceptors (Lipinski definition) is 5. The van der Waals surface area contributed by atoms with Crippen LogP contribution in [0.5, 0.6) is 5.75 Å². The van der Waals surface area contributed by atoms with Gasteiger partial charge in [0, 0.05) is 5.69 Å². The summed E-state index contributed by atoms with van der Waals surface area (Å²) in [5.74, 6) is -3.12. The zero-order chi connectivity index (χ0) is 18.8. The number of ether oxygens (including phenoxy) is 1. The molecule has 0 atom stereocenters. The minimum absolute atomic E-state index is 0.0728. The number of nitrogens with zero attached hydrogens (tertiary/aromatic N) is 1. The zero-order valence-electron chi connectivity index (χ0n) is 12.5. The summed E-state index contributed by atoms with van der Waals surface area (Å²) in [5.41, 5.74) is -0.298. The molecule has 7 nitrogen and oxygen atoms in total. The van der Waals surface area contributed by atoms with Crippen LogP contribution in [0.1, 0.15) is 21.8 Å². The molecule has 2 rings (SSSR count). The van der Waals surface area contributed by atoms with Crippen LogP contribution in [0, 0.1) is 6.92 Å². The number of aromatic nitrogens is 1. The Morgan fingerprint density at radius 2 is 2.08 bits per heavy atom. The molecule has 0 spiro atoms. The van der Waals surface area contributed by atoms with Crippen molar-refractivity contribution >= 4 is 29.2 Å². The standard InChI is InChI=1S/C14H10ClF3N2O5/c1-6-8(11(12(21)22)20-25-6)5-24-10-3-2-7(4-9(10)15)19-13(23)14(16,17)18/h2-4H,5H2,1H3,(H,19,23)(H,21,22). The Kier molecular flexibility index (Phi) is 5.21. The summed E-state index contributed by atoms with van der Waals surface area (Å²) in [4.78, 5) is 21.9. The minimum Gasteiger partial charge on any atom is -0.487 e. The number of hydrogen-bond donors (Lipinski definition) is 2. The Bertz CT molecular complexity index is 819. The third kappa shape index (κ3) is 4.41. The molecule has 0 unspecified atom stereocenters. The second kappa shape index (κ2) is 7.01. The van der Waals surface area contributed by atoms with Gasteiger partial charge in [-0.2, -0.15) is 13.2 Å². The molecule has 1 aromatic carbocycles. The minimum atomic E-state index is -5.03. The molecule has 25 heavy (non-hydrogen) atoms. The summed E-state index contributed by atoms with van der Waals surface area (Å²) in [6.45, 7) is 1.26. The quantitative estimate of drug-likeness (QED) is 0.826. The number of amides is 1. The van der Waals surface area contributed by atoms with E-state index in [9.17, 15) is 22.8 Å². The number of alkyl halides is 3. The first kappa shape index (κ1) is 18.6. The van der Waals surface area contributed by atoms with Gasteiger partial charge in [-0.1, -0.05) is 16.8 Å². The summed E-state index contributed by atoms with van der Waals surface area (Å²) < 4.78 is 46.7. The lowest BCUT2D eigenvalue weighted by Crippen LogP contribution is -2.29. The predicted octanol–water partition coefficient (Wildman–Crippen LogP) is 3.41. The van der Waals surface area contributed by atoms with E-state index in [0.717, 1.165) is 12.1 Å². The molecule has 0 radical (unpaired) electrons. The monoisotopic (exact) mass is 378 g/mol. The molecule has 1 heterocycles. The van der Waals surface area contributed by atoms with E-state index in [1.54, 1.807) is 5.32 Å². The maximum Gasteiger partial charge on any atom is 0.471 e. The highest BCUT2D eigenvalue weighted by molar-refractivity contribution is 6.32. The van der Waals surface area contributed by atoms with Gasteiger partial charge in [-0.3, -0.25) is 4.79 Å². The maximum atomic E-state index is 12.2. The Morgan fingerprint density at radius 1 is 1.40 bits per heavy atom. The first-order valence-corrected chi connectivity index (χ1v) is 6.96. The smallest absolute Gasteiger partial charge is 0.471 e. The SMILES string of the molecule is Cc1onc(C(=O)O)c1COc1ccc(NC(=O)C(F)(F)F)cc1Cl. The molecule has 0 aliphatic heterocycles. The van der Waals surface area contributed by atoms with E-state index in [1.807, 2.05) is 0 Å². The lowest BCUT2D eigenvalue weighted by atomic mass is 10.2. The zero-order valence-corrected chi connectivity index (χ0v) is 13.2. The summed E-state index contributed by atoms with van der Waals surface area (Å²) >= 11 is 5.90. The van der Waals surface area contributed by atoms with Gasteiger partial charge < -0.3 is 19.7 Å². The lowest BCUT2D eigenvalue weighted by molar-refractivity contribution is -0.167. The van der Waals surface area contributed by atoms with Crippen molar-refractivity contribution in [2.75, 3.05) is 5.32 Å². The van der Waals surface area contributed by atoms with E-state index in [4.69, 9.17) is 26.0 Å². The molecular weight excluding hydrogens is 369 g/mol. The van der Waals surface area contributed by atoms with E-state index in [2.05, 4.69) is 5.16 Å². The molecule has 0 saturated heterocycles. The van der Waals surface area contributed by atoms with Gasteiger partial charge in [0.15, 0.2) is 5.69 Å². The van der Waals surface area contributed by atoms with Gasteiger partial charge in [-0.15, -0.1) is 0 Å². The van der Waals surface area contributed by atoms with Crippen LogP contribution >= 0.6 is 11.6 Å². The fourth-order valence-electron chi connectivity index (χ4n) is 1.78. The number of nitrogens with one attached hydrogen (secondary N) is 1.